The minimum atomic E-state index is -0.538. The number of hydrogen-bond acceptors (Lipinski definition) is 3. The van der Waals surface area contributed by atoms with Crippen LogP contribution in [-0.4, -0.2) is 29.6 Å². The zero-order valence-electron chi connectivity index (χ0n) is 11.3. The molecule has 0 aliphatic carbocycles. The van der Waals surface area contributed by atoms with E-state index in [0.29, 0.717) is 6.54 Å². The van der Waals surface area contributed by atoms with Crippen LogP contribution in [-0.2, 0) is 11.2 Å². The normalized spacial score (nSPS) is 11.3. The molecule has 0 aromatic heterocycles. The van der Waals surface area contributed by atoms with Gasteiger partial charge < -0.3 is 15.7 Å². The highest BCUT2D eigenvalue weighted by molar-refractivity contribution is 5.85. The molecular weight excluding hydrogens is 228 g/mol. The molecule has 0 aliphatic heterocycles. The van der Waals surface area contributed by atoms with Crippen LogP contribution in [0.4, 0.5) is 0 Å². The first-order chi connectivity index (χ1) is 8.45. The first-order valence-corrected chi connectivity index (χ1v) is 6.27. The number of nitrogens with one attached hydrogen (secondary N) is 2. The molecule has 4 nitrogen and oxygen atoms in total. The van der Waals surface area contributed by atoms with Crippen LogP contribution < -0.4 is 10.6 Å². The Morgan fingerprint density at radius 2 is 1.89 bits per heavy atom. The number of carbonyl (C=O) groups excluding carboxylic acids is 1. The fourth-order valence-corrected chi connectivity index (χ4v) is 1.73. The third kappa shape index (κ3) is 4.37. The van der Waals surface area contributed by atoms with E-state index in [1.807, 2.05) is 32.9 Å². The average molecular weight is 250 g/mol. The minimum absolute atomic E-state index is 0.00290. The van der Waals surface area contributed by atoms with Crippen molar-refractivity contribution in [3.8, 4) is 5.75 Å². The molecule has 0 atom stereocenters. The van der Waals surface area contributed by atoms with Crippen molar-refractivity contribution in [3.63, 3.8) is 0 Å². The molecule has 18 heavy (non-hydrogen) atoms. The van der Waals surface area contributed by atoms with Gasteiger partial charge in [-0.15, -0.1) is 0 Å². The number of hydrogen-bond donors (Lipinski definition) is 3. The van der Waals surface area contributed by atoms with Crippen LogP contribution >= 0.6 is 0 Å². The Morgan fingerprint density at radius 1 is 1.28 bits per heavy atom. The molecule has 3 N–H and O–H groups in total. The van der Waals surface area contributed by atoms with E-state index < -0.39 is 5.54 Å². The summed E-state index contributed by atoms with van der Waals surface area (Å²) in [6.45, 7) is 7.07. The molecular formula is C14H22N2O2. The predicted octanol–water partition coefficient (Wildman–Crippen LogP) is 1.44. The Kier molecular flexibility index (Phi) is 5.16. The second-order valence-corrected chi connectivity index (χ2v) is 4.83. The van der Waals surface area contributed by atoms with Gasteiger partial charge in [0.1, 0.15) is 5.75 Å². The van der Waals surface area contributed by atoms with Gasteiger partial charge in [0.2, 0.25) is 5.91 Å². The number of rotatable bonds is 6. The van der Waals surface area contributed by atoms with E-state index in [2.05, 4.69) is 10.6 Å². The van der Waals surface area contributed by atoms with Gasteiger partial charge in [-0.3, -0.25) is 4.79 Å². The molecule has 1 aromatic rings. The Bertz CT molecular complexity index is 385. The van der Waals surface area contributed by atoms with Crippen molar-refractivity contribution in [1.82, 2.24) is 10.6 Å². The van der Waals surface area contributed by atoms with E-state index in [4.69, 9.17) is 5.11 Å². The Hall–Kier alpha value is -1.55. The standard InChI is InChI=1S/C14H22N2O2/c1-4-16-14(2,3)13(18)15-10-9-11-5-7-12(17)8-6-11/h5-8,16-17H,4,9-10H2,1-3H3,(H,15,18). The van der Waals surface area contributed by atoms with E-state index in [1.54, 1.807) is 12.1 Å². The van der Waals surface area contributed by atoms with Crippen LogP contribution in [0.25, 0.3) is 0 Å². The van der Waals surface area contributed by atoms with Gasteiger partial charge >= 0.3 is 0 Å². The summed E-state index contributed by atoms with van der Waals surface area (Å²) in [7, 11) is 0. The molecule has 4 heteroatoms. The van der Waals surface area contributed by atoms with Crippen LogP contribution in [0.3, 0.4) is 0 Å². The van der Waals surface area contributed by atoms with E-state index in [0.717, 1.165) is 18.5 Å². The predicted molar refractivity (Wildman–Crippen MR) is 72.6 cm³/mol. The van der Waals surface area contributed by atoms with E-state index in [9.17, 15) is 4.79 Å². The van der Waals surface area contributed by atoms with E-state index >= 15 is 0 Å². The lowest BCUT2D eigenvalue weighted by Crippen LogP contribution is -2.52. The van der Waals surface area contributed by atoms with Crippen LogP contribution in [0, 0.1) is 0 Å². The maximum Gasteiger partial charge on any atom is 0.239 e. The highest BCUT2D eigenvalue weighted by Gasteiger charge is 2.25. The SMILES string of the molecule is CCNC(C)(C)C(=O)NCCc1ccc(O)cc1. The molecule has 0 aliphatic rings. The van der Waals surface area contributed by atoms with Crippen molar-refractivity contribution in [1.29, 1.82) is 0 Å². The number of benzene rings is 1. The molecule has 0 saturated heterocycles. The van der Waals surface area contributed by atoms with Crippen LogP contribution in [0.5, 0.6) is 5.75 Å². The maximum absolute atomic E-state index is 11.9. The summed E-state index contributed by atoms with van der Waals surface area (Å²) in [5.74, 6) is 0.263. The van der Waals surface area contributed by atoms with Crippen molar-refractivity contribution >= 4 is 5.91 Å². The highest BCUT2D eigenvalue weighted by atomic mass is 16.3. The zero-order chi connectivity index (χ0) is 13.6. The Balaban J connectivity index is 2.37. The van der Waals surface area contributed by atoms with Crippen molar-refractivity contribution in [2.24, 2.45) is 0 Å². The number of phenolic OH excluding ortho intramolecular Hbond substituents is 1. The average Bonchev–Trinajstić information content (AvgIpc) is 2.31. The molecule has 1 rings (SSSR count). The lowest BCUT2D eigenvalue weighted by Gasteiger charge is -2.24. The Morgan fingerprint density at radius 3 is 2.44 bits per heavy atom. The number of phenols is 1. The smallest absolute Gasteiger partial charge is 0.239 e. The van der Waals surface area contributed by atoms with Gasteiger partial charge in [0.15, 0.2) is 0 Å². The molecule has 0 heterocycles. The number of amides is 1. The first kappa shape index (κ1) is 14.5. The highest BCUT2D eigenvalue weighted by Crippen LogP contribution is 2.09. The number of likely N-dealkylation sites (N-methyl/N-ethyl adjacent to an activating group) is 1. The lowest BCUT2D eigenvalue weighted by atomic mass is 10.0. The van der Waals surface area contributed by atoms with Crippen molar-refractivity contribution in [2.45, 2.75) is 32.7 Å². The largest absolute Gasteiger partial charge is 0.508 e. The van der Waals surface area contributed by atoms with Gasteiger partial charge in [-0.05, 0) is 44.5 Å². The summed E-state index contributed by atoms with van der Waals surface area (Å²) in [6, 6.07) is 7.02. The van der Waals surface area contributed by atoms with Crippen LogP contribution in [0.1, 0.15) is 26.3 Å². The van der Waals surface area contributed by atoms with Crippen molar-refractivity contribution < 1.29 is 9.90 Å². The molecule has 0 radical (unpaired) electrons. The lowest BCUT2D eigenvalue weighted by molar-refractivity contribution is -0.126. The summed E-state index contributed by atoms with van der Waals surface area (Å²) in [5, 5.41) is 15.2. The van der Waals surface area contributed by atoms with Crippen LogP contribution in [0.15, 0.2) is 24.3 Å². The fraction of sp³-hybridized carbons (Fsp3) is 0.500. The second-order valence-electron chi connectivity index (χ2n) is 4.83. The number of carbonyl (C=O) groups is 1. The first-order valence-electron chi connectivity index (χ1n) is 6.27. The second kappa shape index (κ2) is 6.40. The molecule has 0 unspecified atom stereocenters. The summed E-state index contributed by atoms with van der Waals surface area (Å²) in [4.78, 5) is 11.9. The fourth-order valence-electron chi connectivity index (χ4n) is 1.73. The van der Waals surface area contributed by atoms with E-state index in [-0.39, 0.29) is 11.7 Å². The van der Waals surface area contributed by atoms with Gasteiger partial charge in [-0.25, -0.2) is 0 Å². The van der Waals surface area contributed by atoms with Gasteiger partial charge in [-0.2, -0.15) is 0 Å². The third-order valence-electron chi connectivity index (χ3n) is 2.82. The van der Waals surface area contributed by atoms with Gasteiger partial charge in [0.25, 0.3) is 0 Å². The minimum Gasteiger partial charge on any atom is -0.508 e. The van der Waals surface area contributed by atoms with Crippen molar-refractivity contribution in [3.05, 3.63) is 29.8 Å². The maximum atomic E-state index is 11.9. The molecule has 100 valence electrons. The summed E-state index contributed by atoms with van der Waals surface area (Å²) < 4.78 is 0. The summed E-state index contributed by atoms with van der Waals surface area (Å²) in [5.41, 5.74) is 0.554. The van der Waals surface area contributed by atoms with Gasteiger partial charge in [0, 0.05) is 6.54 Å². The molecule has 0 fully saturated rings. The summed E-state index contributed by atoms with van der Waals surface area (Å²) in [6.07, 6.45) is 0.758. The molecule has 1 amide bonds. The monoisotopic (exact) mass is 250 g/mol. The Labute approximate surface area is 108 Å². The molecule has 0 spiro atoms. The topological polar surface area (TPSA) is 61.4 Å². The molecule has 0 bridgehead atoms. The zero-order valence-corrected chi connectivity index (χ0v) is 11.3. The molecule has 1 aromatic carbocycles. The number of aromatic hydroxyl groups is 1. The van der Waals surface area contributed by atoms with Crippen LogP contribution in [0.2, 0.25) is 0 Å². The van der Waals surface area contributed by atoms with Gasteiger partial charge in [0.05, 0.1) is 5.54 Å². The quantitative estimate of drug-likeness (QED) is 0.716. The molecule has 0 saturated carbocycles. The third-order valence-corrected chi connectivity index (χ3v) is 2.82. The van der Waals surface area contributed by atoms with E-state index in [1.165, 1.54) is 0 Å². The van der Waals surface area contributed by atoms with Crippen molar-refractivity contribution in [2.75, 3.05) is 13.1 Å². The van der Waals surface area contributed by atoms with Gasteiger partial charge in [-0.1, -0.05) is 19.1 Å². The summed E-state index contributed by atoms with van der Waals surface area (Å²) >= 11 is 0.